The summed E-state index contributed by atoms with van der Waals surface area (Å²) in [5.41, 5.74) is 0. The highest BCUT2D eigenvalue weighted by Crippen LogP contribution is 2.42. The lowest BCUT2D eigenvalue weighted by Gasteiger charge is -2.34. The molecule has 0 unspecified atom stereocenters. The van der Waals surface area contributed by atoms with E-state index in [1.54, 1.807) is 0 Å². The van der Waals surface area contributed by atoms with E-state index in [4.69, 9.17) is 4.74 Å². The fourth-order valence-electron chi connectivity index (χ4n) is 7.67. The first kappa shape index (κ1) is 33.4. The number of carbonyl (C=O) groups is 1. The summed E-state index contributed by atoms with van der Waals surface area (Å²) in [5.74, 6) is 5.84. The Morgan fingerprint density at radius 3 is 2.26 bits per heavy atom. The highest BCUT2D eigenvalue weighted by Gasteiger charge is 2.32. The fraction of sp³-hybridized carbons (Fsp3) is 0.917. The first-order valence-electron chi connectivity index (χ1n) is 17.2. The van der Waals surface area contributed by atoms with Crippen LogP contribution < -0.4 is 0 Å². The molecule has 2 heteroatoms. The van der Waals surface area contributed by atoms with E-state index in [0.29, 0.717) is 6.42 Å². The molecule has 2 aliphatic rings. The van der Waals surface area contributed by atoms with Crippen LogP contribution in [0.3, 0.4) is 0 Å². The standard InChI is InChI=1S/C36H66O2/c1-7-8-9-10-11-12-23-36(37)38-33-21-14-13-19-32-20-16-22-34(29(4)18-15-17-28(2)3)30(5)25-27-35(32)31(6)24-26-33/h13-14,28-35H,7-12,15-27H2,1-6H3/b14-13+/t29-,30+,31+,32+,33-,34-,35-/m1/s1. The van der Waals surface area contributed by atoms with Crippen molar-refractivity contribution in [3.05, 3.63) is 12.2 Å². The number of esters is 1. The molecule has 1 saturated carbocycles. The molecule has 1 fully saturated rings. The normalized spacial score (nSPS) is 30.9. The molecule has 0 radical (unpaired) electrons. The summed E-state index contributed by atoms with van der Waals surface area (Å²) in [5, 5.41) is 0. The monoisotopic (exact) mass is 531 g/mol. The zero-order chi connectivity index (χ0) is 27.8. The van der Waals surface area contributed by atoms with Gasteiger partial charge in [-0.1, -0.05) is 118 Å². The van der Waals surface area contributed by atoms with Crippen LogP contribution in [0.1, 0.15) is 164 Å². The molecule has 0 heterocycles. The second kappa shape index (κ2) is 19.3. The summed E-state index contributed by atoms with van der Waals surface area (Å²) >= 11 is 0. The van der Waals surface area contributed by atoms with Crippen LogP contribution in [0.15, 0.2) is 12.2 Å². The smallest absolute Gasteiger partial charge is 0.306 e. The Bertz CT molecular complexity index is 637. The minimum absolute atomic E-state index is 0.0336. The lowest BCUT2D eigenvalue weighted by molar-refractivity contribution is -0.149. The van der Waals surface area contributed by atoms with E-state index in [1.807, 2.05) is 0 Å². The molecule has 0 aromatic heterocycles. The quantitative estimate of drug-likeness (QED) is 0.134. The van der Waals surface area contributed by atoms with Crippen molar-refractivity contribution in [3.8, 4) is 0 Å². The van der Waals surface area contributed by atoms with Gasteiger partial charge in [0.05, 0.1) is 0 Å². The maximum Gasteiger partial charge on any atom is 0.306 e. The first-order valence-corrected chi connectivity index (χ1v) is 17.2. The predicted molar refractivity (Wildman–Crippen MR) is 165 cm³/mol. The Labute approximate surface area is 238 Å². The van der Waals surface area contributed by atoms with Gasteiger partial charge in [-0.3, -0.25) is 4.79 Å². The molecule has 222 valence electrons. The van der Waals surface area contributed by atoms with Crippen LogP contribution in [0, 0.1) is 41.4 Å². The third kappa shape index (κ3) is 13.0. The Hall–Kier alpha value is -0.790. The van der Waals surface area contributed by atoms with Crippen molar-refractivity contribution in [2.75, 3.05) is 0 Å². The minimum atomic E-state index is 0.0336. The average Bonchev–Trinajstić information content (AvgIpc) is 2.95. The molecule has 0 bridgehead atoms. The Kier molecular flexibility index (Phi) is 17.0. The molecular weight excluding hydrogens is 464 g/mol. The molecule has 7 atom stereocenters. The topological polar surface area (TPSA) is 26.3 Å². The van der Waals surface area contributed by atoms with Gasteiger partial charge in [-0.2, -0.15) is 0 Å². The Balaban J connectivity index is 1.88. The molecule has 2 aliphatic carbocycles. The molecule has 0 spiro atoms. The van der Waals surface area contributed by atoms with E-state index in [0.717, 1.165) is 67.1 Å². The lowest BCUT2D eigenvalue weighted by Crippen LogP contribution is -2.26. The molecule has 0 aromatic rings. The molecule has 0 aliphatic heterocycles. The van der Waals surface area contributed by atoms with Crippen LogP contribution >= 0.6 is 0 Å². The number of carbonyl (C=O) groups excluding carboxylic acids is 1. The zero-order valence-corrected chi connectivity index (χ0v) is 26.5. The average molecular weight is 531 g/mol. The van der Waals surface area contributed by atoms with Gasteiger partial charge in [0.15, 0.2) is 0 Å². The van der Waals surface area contributed by atoms with Crippen molar-refractivity contribution in [1.82, 2.24) is 0 Å². The van der Waals surface area contributed by atoms with Gasteiger partial charge in [0.2, 0.25) is 0 Å². The predicted octanol–water partition coefficient (Wildman–Crippen LogP) is 11.3. The zero-order valence-electron chi connectivity index (χ0n) is 26.5. The summed E-state index contributed by atoms with van der Waals surface area (Å²) in [7, 11) is 0. The molecule has 0 N–H and O–H groups in total. The van der Waals surface area contributed by atoms with Crippen LogP contribution in [-0.4, -0.2) is 12.1 Å². The minimum Gasteiger partial charge on any atom is -0.462 e. The Morgan fingerprint density at radius 2 is 1.50 bits per heavy atom. The number of hydrogen-bond donors (Lipinski definition) is 0. The number of allylic oxidation sites excluding steroid dienone is 1. The molecular formula is C36H66O2. The third-order valence-corrected chi connectivity index (χ3v) is 10.3. The van der Waals surface area contributed by atoms with Crippen molar-refractivity contribution < 1.29 is 9.53 Å². The van der Waals surface area contributed by atoms with Crippen LogP contribution in [-0.2, 0) is 9.53 Å². The van der Waals surface area contributed by atoms with Gasteiger partial charge in [-0.15, -0.1) is 0 Å². The van der Waals surface area contributed by atoms with Crippen LogP contribution in [0.25, 0.3) is 0 Å². The van der Waals surface area contributed by atoms with Crippen molar-refractivity contribution >= 4 is 5.97 Å². The van der Waals surface area contributed by atoms with Gasteiger partial charge in [-0.05, 0) is 86.4 Å². The molecule has 2 nitrogen and oxygen atoms in total. The van der Waals surface area contributed by atoms with Crippen LogP contribution in [0.5, 0.6) is 0 Å². The number of fused-ring (bicyclic) bond motifs is 1. The van der Waals surface area contributed by atoms with Gasteiger partial charge in [0, 0.05) is 12.8 Å². The van der Waals surface area contributed by atoms with E-state index < -0.39 is 0 Å². The largest absolute Gasteiger partial charge is 0.462 e. The molecule has 0 amide bonds. The fourth-order valence-corrected chi connectivity index (χ4v) is 7.67. The highest BCUT2D eigenvalue weighted by molar-refractivity contribution is 5.69. The summed E-state index contributed by atoms with van der Waals surface area (Å²) in [6, 6.07) is 0. The summed E-state index contributed by atoms with van der Waals surface area (Å²) in [6.07, 6.45) is 28.3. The van der Waals surface area contributed by atoms with Crippen molar-refractivity contribution in [3.63, 3.8) is 0 Å². The van der Waals surface area contributed by atoms with Crippen molar-refractivity contribution in [2.24, 2.45) is 41.4 Å². The maximum atomic E-state index is 12.6. The number of rotatable bonds is 13. The molecule has 2 rings (SSSR count). The van der Waals surface area contributed by atoms with Gasteiger partial charge >= 0.3 is 5.97 Å². The Morgan fingerprint density at radius 1 is 0.789 bits per heavy atom. The summed E-state index contributed by atoms with van der Waals surface area (Å²) in [4.78, 5) is 12.6. The lowest BCUT2D eigenvalue weighted by atomic mass is 9.72. The highest BCUT2D eigenvalue weighted by atomic mass is 16.5. The number of unbranched alkanes of at least 4 members (excludes halogenated alkanes) is 5. The van der Waals surface area contributed by atoms with E-state index in [1.165, 1.54) is 89.9 Å². The van der Waals surface area contributed by atoms with Gasteiger partial charge < -0.3 is 4.74 Å². The SMILES string of the molecule is CCCCCCCCC(=O)O[C@@H]1C/C=C/C[C@H]2CCC[C@H]([C@H](C)CCCC(C)C)[C@@H](C)CC[C@@H]2[C@@H](C)CC1. The van der Waals surface area contributed by atoms with Crippen molar-refractivity contribution in [2.45, 2.75) is 170 Å². The van der Waals surface area contributed by atoms with E-state index in [-0.39, 0.29) is 12.1 Å². The van der Waals surface area contributed by atoms with Gasteiger partial charge in [-0.25, -0.2) is 0 Å². The van der Waals surface area contributed by atoms with Gasteiger partial charge in [0.1, 0.15) is 6.10 Å². The number of ether oxygens (including phenoxy) is 1. The van der Waals surface area contributed by atoms with E-state index in [2.05, 4.69) is 53.7 Å². The van der Waals surface area contributed by atoms with E-state index >= 15 is 0 Å². The molecule has 38 heavy (non-hydrogen) atoms. The molecule has 0 aromatic carbocycles. The first-order chi connectivity index (χ1) is 18.3. The van der Waals surface area contributed by atoms with Gasteiger partial charge in [0.25, 0.3) is 0 Å². The summed E-state index contributed by atoms with van der Waals surface area (Å²) in [6.45, 7) is 14.6. The van der Waals surface area contributed by atoms with Crippen molar-refractivity contribution in [1.29, 1.82) is 0 Å². The van der Waals surface area contributed by atoms with Crippen LogP contribution in [0.2, 0.25) is 0 Å². The summed E-state index contributed by atoms with van der Waals surface area (Å²) < 4.78 is 6.01. The third-order valence-electron chi connectivity index (χ3n) is 10.3. The molecule has 0 saturated heterocycles. The number of hydrogen-bond acceptors (Lipinski definition) is 2. The van der Waals surface area contributed by atoms with Crippen LogP contribution in [0.4, 0.5) is 0 Å². The second-order valence-electron chi connectivity index (χ2n) is 14.0. The van der Waals surface area contributed by atoms with E-state index in [9.17, 15) is 4.79 Å². The second-order valence-corrected chi connectivity index (χ2v) is 14.0. The maximum absolute atomic E-state index is 12.6.